The van der Waals surface area contributed by atoms with Crippen molar-refractivity contribution in [2.24, 2.45) is 0 Å². The molecular formula is H2O3S2. The van der Waals surface area contributed by atoms with Gasteiger partial charge < -0.3 is 0 Å². The van der Waals surface area contributed by atoms with Crippen LogP contribution in [-0.4, -0.2) is 5.26 Å². The third-order valence-corrected chi connectivity index (χ3v) is 0.365. The molecule has 0 aromatic carbocycles. The van der Waals surface area contributed by atoms with Crippen molar-refractivity contribution in [3.63, 3.8) is 0 Å². The molecule has 0 amide bonds. The summed E-state index contributed by atoms with van der Waals surface area (Å²) in [4.78, 5) is 0. The molecule has 1 N–H and O–H groups in total. The minimum Gasteiger partial charge on any atom is -0.237 e. The second-order valence-electron chi connectivity index (χ2n) is 0.217. The molecule has 0 aromatic rings. The van der Waals surface area contributed by atoms with E-state index in [1.54, 1.807) is 0 Å². The normalized spacial score (nSPS) is 8.40. The van der Waals surface area contributed by atoms with E-state index in [1.807, 2.05) is 0 Å². The van der Waals surface area contributed by atoms with Crippen LogP contribution in [0.2, 0.25) is 0 Å². The molecule has 0 bridgehead atoms. The van der Waals surface area contributed by atoms with Gasteiger partial charge in [-0.15, -0.1) is 4.33 Å². The number of thiol groups is 1. The molecular weight excluding hydrogens is 112 g/mol. The highest BCUT2D eigenvalue weighted by Crippen LogP contribution is 2.01. The van der Waals surface area contributed by atoms with Crippen molar-refractivity contribution in [1.82, 2.24) is 0 Å². The van der Waals surface area contributed by atoms with E-state index in [0.29, 0.717) is 12.3 Å². The molecule has 0 aliphatic carbocycles. The molecule has 0 atom stereocenters. The summed E-state index contributed by atoms with van der Waals surface area (Å²) in [7, 11) is 0. The average molecular weight is 114 g/mol. The lowest BCUT2D eigenvalue weighted by Crippen LogP contribution is -1.59. The summed E-state index contributed by atoms with van der Waals surface area (Å²) >= 11 is 3.56. The highest BCUT2D eigenvalue weighted by molar-refractivity contribution is 7.97. The molecule has 32 valence electrons. The van der Waals surface area contributed by atoms with Gasteiger partial charge in [0.15, 0.2) is 0 Å². The number of rotatable bonds is 2. The third kappa shape index (κ3) is 4.58. The predicted molar refractivity (Wildman–Crippen MR) is 21.4 cm³/mol. The lowest BCUT2D eigenvalue weighted by molar-refractivity contribution is -0.121. The van der Waals surface area contributed by atoms with E-state index in [2.05, 4.69) is 20.9 Å². The summed E-state index contributed by atoms with van der Waals surface area (Å²) in [6, 6.07) is 0. The standard InChI is InChI=1S/H2O3S2/c1-2-5-3-4/h1,4H. The fourth-order valence-corrected chi connectivity index (χ4v) is 0.122. The number of hydrogen-bond acceptors (Lipinski definition) is 5. The molecule has 3 nitrogen and oxygen atoms in total. The largest absolute Gasteiger partial charge is 0.237 e. The average Bonchev–Trinajstić information content (AvgIpc) is 1.41. The maximum atomic E-state index is 7.36. The van der Waals surface area contributed by atoms with E-state index < -0.39 is 0 Å². The van der Waals surface area contributed by atoms with Gasteiger partial charge in [-0.25, -0.2) is 8.89 Å². The fraction of sp³-hybridized carbons (Fsp3) is 0. The van der Waals surface area contributed by atoms with Crippen molar-refractivity contribution in [1.29, 1.82) is 0 Å². The van der Waals surface area contributed by atoms with Crippen molar-refractivity contribution >= 4 is 25.2 Å². The topological polar surface area (TPSA) is 38.7 Å². The van der Waals surface area contributed by atoms with Gasteiger partial charge in [0.2, 0.25) is 12.3 Å². The van der Waals surface area contributed by atoms with Gasteiger partial charge in [-0.1, -0.05) is 0 Å². The Morgan fingerprint density at radius 2 is 2.40 bits per heavy atom. The van der Waals surface area contributed by atoms with Crippen LogP contribution < -0.4 is 0 Å². The van der Waals surface area contributed by atoms with E-state index in [1.165, 1.54) is 0 Å². The van der Waals surface area contributed by atoms with E-state index in [-0.39, 0.29) is 0 Å². The van der Waals surface area contributed by atoms with E-state index in [9.17, 15) is 0 Å². The van der Waals surface area contributed by atoms with Crippen molar-refractivity contribution in [3.8, 4) is 0 Å². The Kier molecular flexibility index (Phi) is 5.11. The third-order valence-electron chi connectivity index (χ3n) is 0.0609. The zero-order valence-electron chi connectivity index (χ0n) is 2.12. The highest BCUT2D eigenvalue weighted by Gasteiger charge is 1.71. The Morgan fingerprint density at radius 1 is 1.80 bits per heavy atom. The minimum absolute atomic E-state index is 0.383. The lowest BCUT2D eigenvalue weighted by atomic mass is 15.0. The first kappa shape index (κ1) is 5.58. The van der Waals surface area contributed by atoms with Crippen LogP contribution in [-0.2, 0) is 7.96 Å². The first-order valence-electron chi connectivity index (χ1n) is 0.698. The fourth-order valence-electron chi connectivity index (χ4n) is 0.0136. The van der Waals surface area contributed by atoms with E-state index in [4.69, 9.17) is 5.26 Å². The summed E-state index contributed by atoms with van der Waals surface area (Å²) in [6.07, 6.45) is 0. The van der Waals surface area contributed by atoms with Gasteiger partial charge in [0.05, 0.1) is 0 Å². The van der Waals surface area contributed by atoms with Gasteiger partial charge in [0, 0.05) is 0 Å². The molecule has 0 saturated heterocycles. The summed E-state index contributed by atoms with van der Waals surface area (Å²) < 4.78 is 7.14. The van der Waals surface area contributed by atoms with Crippen LogP contribution in [0.1, 0.15) is 0 Å². The minimum atomic E-state index is 0.383. The SMILES string of the molecule is OOSOS. The molecule has 0 aliphatic rings. The summed E-state index contributed by atoms with van der Waals surface area (Å²) in [5, 5.41) is 7.36. The maximum Gasteiger partial charge on any atom is 0.206 e. The maximum absolute atomic E-state index is 7.36. The Balaban J connectivity index is 2.19. The molecule has 0 saturated carbocycles. The molecule has 0 heterocycles. The van der Waals surface area contributed by atoms with Gasteiger partial charge in [-0.05, 0) is 12.9 Å². The van der Waals surface area contributed by atoms with Gasteiger partial charge in [0.1, 0.15) is 0 Å². The van der Waals surface area contributed by atoms with Crippen LogP contribution in [0, 0.1) is 0 Å². The monoisotopic (exact) mass is 114 g/mol. The molecule has 0 unspecified atom stereocenters. The molecule has 5 heavy (non-hydrogen) atoms. The first-order chi connectivity index (χ1) is 2.41. The zero-order chi connectivity index (χ0) is 4.12. The Morgan fingerprint density at radius 3 is 2.40 bits per heavy atom. The highest BCUT2D eigenvalue weighted by atomic mass is 32.2. The number of hydrogen-bond donors (Lipinski definition) is 2. The lowest BCUT2D eigenvalue weighted by Gasteiger charge is -1.78. The smallest absolute Gasteiger partial charge is 0.206 e. The van der Waals surface area contributed by atoms with Crippen LogP contribution >= 0.6 is 25.2 Å². The summed E-state index contributed by atoms with van der Waals surface area (Å²) in [5.74, 6) is 0. The molecule has 0 radical (unpaired) electrons. The quantitative estimate of drug-likeness (QED) is 0.242. The van der Waals surface area contributed by atoms with Crippen molar-refractivity contribution in [3.05, 3.63) is 0 Å². The van der Waals surface area contributed by atoms with Gasteiger partial charge in [0.25, 0.3) is 0 Å². The summed E-state index contributed by atoms with van der Waals surface area (Å²) in [5.41, 5.74) is 0. The van der Waals surface area contributed by atoms with Crippen molar-refractivity contribution in [2.75, 3.05) is 0 Å². The van der Waals surface area contributed by atoms with Gasteiger partial charge in [-0.2, -0.15) is 0 Å². The molecule has 0 aliphatic heterocycles. The van der Waals surface area contributed by atoms with Crippen molar-refractivity contribution < 1.29 is 13.2 Å². The van der Waals surface area contributed by atoms with E-state index in [0.717, 1.165) is 0 Å². The Labute approximate surface area is 39.2 Å². The molecule has 5 heteroatoms. The first-order valence-corrected chi connectivity index (χ1v) is 1.73. The Hall–Kier alpha value is 0.580. The van der Waals surface area contributed by atoms with Crippen LogP contribution in [0.3, 0.4) is 0 Å². The van der Waals surface area contributed by atoms with Crippen molar-refractivity contribution in [2.45, 2.75) is 0 Å². The molecule has 0 spiro atoms. The Bertz CT molecular complexity index is 12.4. The zero-order valence-corrected chi connectivity index (χ0v) is 3.83. The predicted octanol–water partition coefficient (Wildman–Crippen LogP) is 0.901. The van der Waals surface area contributed by atoms with Gasteiger partial charge >= 0.3 is 0 Å². The van der Waals surface area contributed by atoms with Crippen LogP contribution in [0.4, 0.5) is 0 Å². The second-order valence-corrected chi connectivity index (χ2v) is 1.10. The van der Waals surface area contributed by atoms with Crippen LogP contribution in [0.25, 0.3) is 0 Å². The second kappa shape index (κ2) is 4.58. The molecule has 0 rings (SSSR count). The summed E-state index contributed by atoms with van der Waals surface area (Å²) in [6.45, 7) is 0. The van der Waals surface area contributed by atoms with E-state index >= 15 is 0 Å². The van der Waals surface area contributed by atoms with Crippen LogP contribution in [0.5, 0.6) is 0 Å². The van der Waals surface area contributed by atoms with Crippen LogP contribution in [0.15, 0.2) is 0 Å². The molecule has 0 aromatic heterocycles. The molecule has 0 fully saturated rings. The van der Waals surface area contributed by atoms with Gasteiger partial charge in [-0.3, -0.25) is 0 Å².